The Morgan fingerprint density at radius 1 is 1.32 bits per heavy atom. The molecule has 0 spiro atoms. The quantitative estimate of drug-likeness (QED) is 0.908. The third-order valence-corrected chi connectivity index (χ3v) is 4.65. The fourth-order valence-corrected chi connectivity index (χ4v) is 2.86. The van der Waals surface area contributed by atoms with Gasteiger partial charge in [-0.05, 0) is 54.0 Å². The Labute approximate surface area is 127 Å². The number of likely N-dealkylation sites (tertiary alicyclic amines) is 1. The monoisotopic (exact) mass is 344 g/mol. The van der Waals surface area contributed by atoms with E-state index < -0.39 is 0 Å². The van der Waals surface area contributed by atoms with E-state index in [1.165, 1.54) is 19.3 Å². The number of amides is 1. The van der Waals surface area contributed by atoms with Crippen LogP contribution in [0.25, 0.3) is 0 Å². The smallest absolute Gasteiger partial charge is 0.252 e. The molecule has 0 bridgehead atoms. The van der Waals surface area contributed by atoms with Crippen LogP contribution in [-0.4, -0.2) is 37.0 Å². The van der Waals surface area contributed by atoms with Crippen molar-refractivity contribution in [1.29, 1.82) is 0 Å². The average molecular weight is 346 g/mol. The second-order valence-corrected chi connectivity index (χ2v) is 5.99. The molecule has 1 N–H and O–H groups in total. The second kappa shape index (κ2) is 7.27. The summed E-state index contributed by atoms with van der Waals surface area (Å²) in [6, 6.07) is 5.38. The van der Waals surface area contributed by atoms with Crippen LogP contribution in [0.1, 0.15) is 29.6 Å². The molecule has 1 heterocycles. The molecule has 0 radical (unpaired) electrons. The number of halogens is 2. The summed E-state index contributed by atoms with van der Waals surface area (Å²) in [5, 5.41) is 3.40. The fourth-order valence-electron chi connectivity index (χ4n) is 2.28. The molecule has 1 aliphatic heterocycles. The maximum absolute atomic E-state index is 12.0. The molecule has 1 fully saturated rings. The van der Waals surface area contributed by atoms with Crippen molar-refractivity contribution in [3.05, 3.63) is 33.3 Å². The molecule has 0 aliphatic carbocycles. The van der Waals surface area contributed by atoms with Crippen molar-refractivity contribution >= 4 is 33.4 Å². The van der Waals surface area contributed by atoms with Gasteiger partial charge >= 0.3 is 0 Å². The van der Waals surface area contributed by atoms with E-state index in [9.17, 15) is 4.79 Å². The lowest BCUT2D eigenvalue weighted by Crippen LogP contribution is -2.37. The van der Waals surface area contributed by atoms with Gasteiger partial charge in [-0.15, -0.1) is 0 Å². The van der Waals surface area contributed by atoms with Gasteiger partial charge in [0.05, 0.1) is 10.6 Å². The summed E-state index contributed by atoms with van der Waals surface area (Å²) in [4.78, 5) is 14.4. The van der Waals surface area contributed by atoms with Gasteiger partial charge in [-0.25, -0.2) is 0 Å². The van der Waals surface area contributed by atoms with E-state index in [2.05, 4.69) is 26.1 Å². The number of nitrogens with one attached hydrogen (secondary N) is 1. The number of hydrogen-bond acceptors (Lipinski definition) is 2. The molecule has 3 nitrogen and oxygen atoms in total. The molecule has 1 aromatic carbocycles. The average Bonchev–Trinajstić information content (AvgIpc) is 2.43. The van der Waals surface area contributed by atoms with E-state index in [0.29, 0.717) is 17.1 Å². The summed E-state index contributed by atoms with van der Waals surface area (Å²) in [6.45, 7) is 3.88. The first kappa shape index (κ1) is 14.8. The van der Waals surface area contributed by atoms with Crippen LogP contribution < -0.4 is 5.32 Å². The molecule has 19 heavy (non-hydrogen) atoms. The van der Waals surface area contributed by atoms with Gasteiger partial charge < -0.3 is 10.2 Å². The molecule has 5 heteroatoms. The van der Waals surface area contributed by atoms with Gasteiger partial charge in [0.1, 0.15) is 0 Å². The van der Waals surface area contributed by atoms with E-state index in [1.807, 2.05) is 12.1 Å². The van der Waals surface area contributed by atoms with Crippen molar-refractivity contribution in [3.63, 3.8) is 0 Å². The zero-order valence-electron chi connectivity index (χ0n) is 10.8. The van der Waals surface area contributed by atoms with Crippen LogP contribution in [0.2, 0.25) is 5.02 Å². The summed E-state index contributed by atoms with van der Waals surface area (Å²) in [6.07, 6.45) is 3.87. The maximum Gasteiger partial charge on any atom is 0.252 e. The highest BCUT2D eigenvalue weighted by atomic mass is 79.9. The van der Waals surface area contributed by atoms with E-state index in [-0.39, 0.29) is 5.91 Å². The molecule has 0 atom stereocenters. The molecule has 104 valence electrons. The number of benzene rings is 1. The summed E-state index contributed by atoms with van der Waals surface area (Å²) < 4.78 is 0.748. The number of nitrogens with zero attached hydrogens (tertiary/aromatic N) is 1. The number of rotatable bonds is 4. The van der Waals surface area contributed by atoms with Crippen LogP contribution in [0.4, 0.5) is 0 Å². The van der Waals surface area contributed by atoms with Crippen LogP contribution >= 0.6 is 27.5 Å². The number of carbonyl (C=O) groups is 1. The Hall–Kier alpha value is -0.580. The van der Waals surface area contributed by atoms with Crippen LogP contribution in [-0.2, 0) is 0 Å². The van der Waals surface area contributed by atoms with Gasteiger partial charge in [0, 0.05) is 17.6 Å². The van der Waals surface area contributed by atoms with Crippen LogP contribution in [0.15, 0.2) is 22.7 Å². The first-order chi connectivity index (χ1) is 9.18. The number of carbonyl (C=O) groups excluding carboxylic acids is 1. The Kier molecular flexibility index (Phi) is 5.67. The van der Waals surface area contributed by atoms with Gasteiger partial charge in [-0.2, -0.15) is 0 Å². The van der Waals surface area contributed by atoms with E-state index >= 15 is 0 Å². The van der Waals surface area contributed by atoms with Gasteiger partial charge in [0.2, 0.25) is 0 Å². The zero-order valence-corrected chi connectivity index (χ0v) is 13.1. The van der Waals surface area contributed by atoms with Crippen molar-refractivity contribution < 1.29 is 4.79 Å². The predicted molar refractivity (Wildman–Crippen MR) is 81.8 cm³/mol. The van der Waals surface area contributed by atoms with Crippen LogP contribution in [0, 0.1) is 0 Å². The summed E-state index contributed by atoms with van der Waals surface area (Å²) >= 11 is 9.42. The molecule has 1 aromatic rings. The van der Waals surface area contributed by atoms with Gasteiger partial charge in [-0.3, -0.25) is 4.79 Å². The SMILES string of the molecule is O=C(NCCN1CCCCC1)c1cccc(Br)c1Cl. The lowest BCUT2D eigenvalue weighted by molar-refractivity contribution is 0.0946. The van der Waals surface area contributed by atoms with Gasteiger partial charge in [-0.1, -0.05) is 24.1 Å². The maximum atomic E-state index is 12.0. The molecule has 1 saturated heterocycles. The highest BCUT2D eigenvalue weighted by Crippen LogP contribution is 2.25. The van der Waals surface area contributed by atoms with Gasteiger partial charge in [0.25, 0.3) is 5.91 Å². The third kappa shape index (κ3) is 4.20. The minimum absolute atomic E-state index is 0.108. The molecule has 2 rings (SSSR count). The Morgan fingerprint density at radius 3 is 2.79 bits per heavy atom. The minimum atomic E-state index is -0.108. The van der Waals surface area contributed by atoms with E-state index in [4.69, 9.17) is 11.6 Å². The minimum Gasteiger partial charge on any atom is -0.351 e. The van der Waals surface area contributed by atoms with Crippen molar-refractivity contribution in [1.82, 2.24) is 10.2 Å². The lowest BCUT2D eigenvalue weighted by Gasteiger charge is -2.26. The first-order valence-corrected chi connectivity index (χ1v) is 7.80. The van der Waals surface area contributed by atoms with Crippen molar-refractivity contribution in [2.45, 2.75) is 19.3 Å². The molecule has 1 aliphatic rings. The number of piperidine rings is 1. The fraction of sp³-hybridized carbons (Fsp3) is 0.500. The van der Waals surface area contributed by atoms with E-state index in [1.54, 1.807) is 6.07 Å². The van der Waals surface area contributed by atoms with Gasteiger partial charge in [0.15, 0.2) is 0 Å². The highest BCUT2D eigenvalue weighted by molar-refractivity contribution is 9.10. The molecule has 0 unspecified atom stereocenters. The standard InChI is InChI=1S/C14H18BrClN2O/c15-12-6-4-5-11(13(12)16)14(19)17-7-10-18-8-2-1-3-9-18/h4-6H,1-3,7-10H2,(H,17,19). The first-order valence-electron chi connectivity index (χ1n) is 6.63. The molecule has 0 aromatic heterocycles. The largest absolute Gasteiger partial charge is 0.351 e. The summed E-state index contributed by atoms with van der Waals surface area (Å²) in [5.41, 5.74) is 0.523. The van der Waals surface area contributed by atoms with Crippen LogP contribution in [0.5, 0.6) is 0 Å². The molecular weight excluding hydrogens is 328 g/mol. The topological polar surface area (TPSA) is 32.3 Å². The lowest BCUT2D eigenvalue weighted by atomic mass is 10.1. The van der Waals surface area contributed by atoms with Crippen molar-refractivity contribution in [3.8, 4) is 0 Å². The zero-order chi connectivity index (χ0) is 13.7. The van der Waals surface area contributed by atoms with Crippen LogP contribution in [0.3, 0.4) is 0 Å². The molecule has 0 saturated carbocycles. The predicted octanol–water partition coefficient (Wildman–Crippen LogP) is 3.32. The Morgan fingerprint density at radius 2 is 2.05 bits per heavy atom. The second-order valence-electron chi connectivity index (χ2n) is 4.76. The Balaban J connectivity index is 1.82. The molecule has 1 amide bonds. The van der Waals surface area contributed by atoms with Crippen molar-refractivity contribution in [2.24, 2.45) is 0 Å². The highest BCUT2D eigenvalue weighted by Gasteiger charge is 2.13. The summed E-state index contributed by atoms with van der Waals surface area (Å²) in [7, 11) is 0. The number of hydrogen-bond donors (Lipinski definition) is 1. The van der Waals surface area contributed by atoms with Crippen molar-refractivity contribution in [2.75, 3.05) is 26.2 Å². The van der Waals surface area contributed by atoms with E-state index in [0.717, 1.165) is 24.1 Å². The molecular formula is C14H18BrClN2O. The Bertz CT molecular complexity index is 447. The normalized spacial score (nSPS) is 16.3. The third-order valence-electron chi connectivity index (χ3n) is 3.36. The summed E-state index contributed by atoms with van der Waals surface area (Å²) in [5.74, 6) is -0.108.